The summed E-state index contributed by atoms with van der Waals surface area (Å²) in [5.74, 6) is -0.636. The van der Waals surface area contributed by atoms with Crippen molar-refractivity contribution >= 4 is 37.3 Å². The topological polar surface area (TPSA) is 72.2 Å². The Kier molecular flexibility index (Phi) is 4.25. The van der Waals surface area contributed by atoms with Crippen molar-refractivity contribution in [3.05, 3.63) is 51.7 Å². The summed E-state index contributed by atoms with van der Waals surface area (Å²) in [6.45, 7) is 3.37. The maximum absolute atomic E-state index is 13.3. The molecule has 0 spiro atoms. The monoisotopic (exact) mass is 372 g/mol. The standard InChI is InChI=1S/C14H14BrFN2O2S/c1-8-3-4-10(15)13(5-8)18-21(19,20)14-7-12(17)11(16)6-9(14)2/h3-7,18H,17H2,1-2H3. The molecule has 0 radical (unpaired) electrons. The molecule has 0 unspecified atom stereocenters. The van der Waals surface area contributed by atoms with Gasteiger partial charge < -0.3 is 5.73 Å². The molecule has 0 heterocycles. The van der Waals surface area contributed by atoms with E-state index in [4.69, 9.17) is 5.73 Å². The number of halogens is 2. The Morgan fingerprint density at radius 1 is 1.19 bits per heavy atom. The molecule has 0 bridgehead atoms. The van der Waals surface area contributed by atoms with Crippen LogP contribution in [0.2, 0.25) is 0 Å². The lowest BCUT2D eigenvalue weighted by Crippen LogP contribution is -2.15. The predicted octanol–water partition coefficient (Wildman–Crippen LogP) is 3.59. The summed E-state index contributed by atoms with van der Waals surface area (Å²) >= 11 is 3.29. The molecule has 0 aliphatic rings. The lowest BCUT2D eigenvalue weighted by atomic mass is 10.2. The number of nitrogens with one attached hydrogen (secondary N) is 1. The fraction of sp³-hybridized carbons (Fsp3) is 0.143. The van der Waals surface area contributed by atoms with Crippen LogP contribution in [-0.4, -0.2) is 8.42 Å². The van der Waals surface area contributed by atoms with E-state index in [2.05, 4.69) is 20.7 Å². The zero-order chi connectivity index (χ0) is 15.8. The minimum Gasteiger partial charge on any atom is -0.396 e. The second-order valence-electron chi connectivity index (χ2n) is 4.73. The lowest BCUT2D eigenvalue weighted by Gasteiger charge is -2.13. The van der Waals surface area contributed by atoms with Crippen LogP contribution in [0, 0.1) is 19.7 Å². The van der Waals surface area contributed by atoms with Crippen LogP contribution in [0.3, 0.4) is 0 Å². The molecule has 7 heteroatoms. The third kappa shape index (κ3) is 3.36. The van der Waals surface area contributed by atoms with Crippen LogP contribution in [0.5, 0.6) is 0 Å². The first-order valence-corrected chi connectivity index (χ1v) is 8.33. The molecule has 3 N–H and O–H groups in total. The van der Waals surface area contributed by atoms with Gasteiger partial charge in [-0.3, -0.25) is 4.72 Å². The molecule has 0 saturated heterocycles. The quantitative estimate of drug-likeness (QED) is 0.808. The first kappa shape index (κ1) is 15.8. The van der Waals surface area contributed by atoms with Gasteiger partial charge in [-0.25, -0.2) is 12.8 Å². The summed E-state index contributed by atoms with van der Waals surface area (Å²) in [7, 11) is -3.85. The van der Waals surface area contributed by atoms with Gasteiger partial charge >= 0.3 is 0 Å². The SMILES string of the molecule is Cc1ccc(Br)c(NS(=O)(=O)c2cc(N)c(F)cc2C)c1. The van der Waals surface area contributed by atoms with Gasteiger partial charge in [0.15, 0.2) is 0 Å². The van der Waals surface area contributed by atoms with E-state index >= 15 is 0 Å². The normalized spacial score (nSPS) is 11.4. The van der Waals surface area contributed by atoms with E-state index < -0.39 is 15.8 Å². The molecule has 2 aromatic carbocycles. The molecule has 4 nitrogen and oxygen atoms in total. The highest BCUT2D eigenvalue weighted by molar-refractivity contribution is 9.10. The Labute approximate surface area is 131 Å². The third-order valence-corrected chi connectivity index (χ3v) is 5.15. The first-order valence-electron chi connectivity index (χ1n) is 6.05. The van der Waals surface area contributed by atoms with Gasteiger partial charge in [0.25, 0.3) is 10.0 Å². The molecule has 0 saturated carbocycles. The van der Waals surface area contributed by atoms with E-state index in [0.717, 1.165) is 17.7 Å². The van der Waals surface area contributed by atoms with E-state index in [-0.39, 0.29) is 16.1 Å². The van der Waals surface area contributed by atoms with Crippen molar-refractivity contribution in [2.75, 3.05) is 10.5 Å². The van der Waals surface area contributed by atoms with Crippen LogP contribution in [-0.2, 0) is 10.0 Å². The molecule has 0 amide bonds. The van der Waals surface area contributed by atoms with Crippen molar-refractivity contribution in [3.8, 4) is 0 Å². The van der Waals surface area contributed by atoms with Crippen LogP contribution in [0.4, 0.5) is 15.8 Å². The van der Waals surface area contributed by atoms with Gasteiger partial charge in [0.2, 0.25) is 0 Å². The van der Waals surface area contributed by atoms with Crippen molar-refractivity contribution in [1.29, 1.82) is 0 Å². The number of nitrogen functional groups attached to an aromatic ring is 1. The number of aryl methyl sites for hydroxylation is 2. The van der Waals surface area contributed by atoms with E-state index in [1.807, 2.05) is 13.0 Å². The molecular formula is C14H14BrFN2O2S. The Morgan fingerprint density at radius 2 is 1.86 bits per heavy atom. The summed E-state index contributed by atoms with van der Waals surface area (Å²) < 4.78 is 41.3. The van der Waals surface area contributed by atoms with Gasteiger partial charge in [0.1, 0.15) is 5.82 Å². The molecule has 0 aliphatic heterocycles. The van der Waals surface area contributed by atoms with Gasteiger partial charge in [-0.2, -0.15) is 0 Å². The number of sulfonamides is 1. The van der Waals surface area contributed by atoms with E-state index in [9.17, 15) is 12.8 Å². The Balaban J connectivity index is 2.48. The fourth-order valence-corrected chi connectivity index (χ4v) is 3.69. The third-order valence-electron chi connectivity index (χ3n) is 2.95. The summed E-state index contributed by atoms with van der Waals surface area (Å²) in [5, 5.41) is 0. The zero-order valence-electron chi connectivity index (χ0n) is 11.4. The van der Waals surface area contributed by atoms with Crippen molar-refractivity contribution < 1.29 is 12.8 Å². The second-order valence-corrected chi connectivity index (χ2v) is 7.23. The van der Waals surface area contributed by atoms with Gasteiger partial charge in [0, 0.05) is 4.47 Å². The number of anilines is 2. The largest absolute Gasteiger partial charge is 0.396 e. The average molecular weight is 373 g/mol. The van der Waals surface area contributed by atoms with Crippen LogP contribution < -0.4 is 10.5 Å². The highest BCUT2D eigenvalue weighted by atomic mass is 79.9. The summed E-state index contributed by atoms with van der Waals surface area (Å²) in [4.78, 5) is -0.0465. The van der Waals surface area contributed by atoms with Gasteiger partial charge in [-0.05, 0) is 65.2 Å². The maximum atomic E-state index is 13.3. The number of hydrogen-bond donors (Lipinski definition) is 2. The Hall–Kier alpha value is -1.60. The molecule has 0 aromatic heterocycles. The van der Waals surface area contributed by atoms with Crippen molar-refractivity contribution in [1.82, 2.24) is 0 Å². The summed E-state index contributed by atoms with van der Waals surface area (Å²) in [5.41, 5.74) is 6.87. The maximum Gasteiger partial charge on any atom is 0.262 e. The van der Waals surface area contributed by atoms with Gasteiger partial charge in [-0.15, -0.1) is 0 Å². The molecule has 0 fully saturated rings. The molecule has 21 heavy (non-hydrogen) atoms. The lowest BCUT2D eigenvalue weighted by molar-refractivity contribution is 0.599. The molecular weight excluding hydrogens is 359 g/mol. The van der Waals surface area contributed by atoms with Crippen LogP contribution >= 0.6 is 15.9 Å². The number of hydrogen-bond acceptors (Lipinski definition) is 3. The van der Waals surface area contributed by atoms with E-state index in [1.54, 1.807) is 12.1 Å². The van der Waals surface area contributed by atoms with Gasteiger partial charge in [0.05, 0.1) is 16.3 Å². The minimum absolute atomic E-state index is 0.0465. The van der Waals surface area contributed by atoms with Crippen LogP contribution in [0.15, 0.2) is 39.7 Å². The number of benzene rings is 2. The number of rotatable bonds is 3. The summed E-state index contributed by atoms with van der Waals surface area (Å²) in [6, 6.07) is 7.53. The van der Waals surface area contributed by atoms with Crippen molar-refractivity contribution in [3.63, 3.8) is 0 Å². The molecule has 2 rings (SSSR count). The van der Waals surface area contributed by atoms with Crippen LogP contribution in [0.1, 0.15) is 11.1 Å². The Bertz CT molecular complexity index is 807. The smallest absolute Gasteiger partial charge is 0.262 e. The molecule has 0 aliphatic carbocycles. The highest BCUT2D eigenvalue weighted by Gasteiger charge is 2.20. The number of nitrogens with two attached hydrogens (primary N) is 1. The fourth-order valence-electron chi connectivity index (χ4n) is 1.88. The predicted molar refractivity (Wildman–Crippen MR) is 85.2 cm³/mol. The van der Waals surface area contributed by atoms with Crippen molar-refractivity contribution in [2.24, 2.45) is 0 Å². The van der Waals surface area contributed by atoms with E-state index in [1.165, 1.54) is 6.92 Å². The van der Waals surface area contributed by atoms with Crippen molar-refractivity contribution in [2.45, 2.75) is 18.7 Å². The summed E-state index contributed by atoms with van der Waals surface area (Å²) in [6.07, 6.45) is 0. The molecule has 2 aromatic rings. The Morgan fingerprint density at radius 3 is 2.52 bits per heavy atom. The average Bonchev–Trinajstić information content (AvgIpc) is 2.37. The molecule has 112 valence electrons. The zero-order valence-corrected chi connectivity index (χ0v) is 13.8. The second kappa shape index (κ2) is 5.65. The first-order chi connectivity index (χ1) is 9.70. The van der Waals surface area contributed by atoms with Crippen LogP contribution in [0.25, 0.3) is 0 Å². The van der Waals surface area contributed by atoms with Gasteiger partial charge in [-0.1, -0.05) is 6.07 Å². The highest BCUT2D eigenvalue weighted by Crippen LogP contribution is 2.28. The van der Waals surface area contributed by atoms with E-state index in [0.29, 0.717) is 10.2 Å². The minimum atomic E-state index is -3.85. The molecule has 0 atom stereocenters.